The molecule has 0 fully saturated rings. The molecule has 0 atom stereocenters. The average molecular weight is 404 g/mol. The Morgan fingerprint density at radius 2 is 2.04 bits per heavy atom. The number of benzene rings is 1. The van der Waals surface area contributed by atoms with Gasteiger partial charge in [-0.25, -0.2) is 0 Å². The Morgan fingerprint density at radius 1 is 1.29 bits per heavy atom. The van der Waals surface area contributed by atoms with E-state index >= 15 is 0 Å². The number of nitrogens with two attached hydrogens (primary N) is 1. The van der Waals surface area contributed by atoms with Crippen molar-refractivity contribution in [2.24, 2.45) is 11.7 Å². The summed E-state index contributed by atoms with van der Waals surface area (Å²) in [6, 6.07) is 6.02. The Balaban J connectivity index is 2.07. The number of primary amides is 1. The minimum absolute atomic E-state index is 0.0771. The van der Waals surface area contributed by atoms with Crippen LogP contribution in [0.1, 0.15) is 44.1 Å². The van der Waals surface area contributed by atoms with Crippen LogP contribution in [0.3, 0.4) is 0 Å². The summed E-state index contributed by atoms with van der Waals surface area (Å²) in [5, 5.41) is 12.1. The third-order valence-corrected chi connectivity index (χ3v) is 5.24. The second-order valence-corrected chi connectivity index (χ2v) is 8.11. The van der Waals surface area contributed by atoms with Gasteiger partial charge in [0.25, 0.3) is 0 Å². The maximum atomic E-state index is 12.5. The van der Waals surface area contributed by atoms with Crippen molar-refractivity contribution < 1.29 is 9.59 Å². The fraction of sp³-hybridized carbons (Fsp3) is 0.500. The summed E-state index contributed by atoms with van der Waals surface area (Å²) in [7, 11) is 0. The van der Waals surface area contributed by atoms with E-state index in [1.54, 1.807) is 0 Å². The number of amides is 2. The molecular formula is C20H29N5O2S. The largest absolute Gasteiger partial charge is 0.370 e. The summed E-state index contributed by atoms with van der Waals surface area (Å²) in [4.78, 5) is 23.6. The van der Waals surface area contributed by atoms with Crippen LogP contribution in [-0.2, 0) is 29.0 Å². The molecule has 1 heterocycles. The fourth-order valence-electron chi connectivity index (χ4n) is 2.90. The maximum absolute atomic E-state index is 12.5. The van der Waals surface area contributed by atoms with Crippen LogP contribution in [0, 0.1) is 12.8 Å². The van der Waals surface area contributed by atoms with Gasteiger partial charge in [-0.3, -0.25) is 9.59 Å². The van der Waals surface area contributed by atoms with E-state index in [-0.39, 0.29) is 24.0 Å². The van der Waals surface area contributed by atoms with Crippen LogP contribution >= 0.6 is 11.8 Å². The van der Waals surface area contributed by atoms with Gasteiger partial charge in [-0.1, -0.05) is 50.7 Å². The normalized spacial score (nSPS) is 11.0. The highest BCUT2D eigenvalue weighted by molar-refractivity contribution is 7.99. The van der Waals surface area contributed by atoms with Gasteiger partial charge in [-0.05, 0) is 30.4 Å². The van der Waals surface area contributed by atoms with E-state index in [1.807, 2.05) is 29.7 Å². The van der Waals surface area contributed by atoms with Crippen LogP contribution < -0.4 is 11.1 Å². The monoisotopic (exact) mass is 403 g/mol. The molecule has 0 saturated heterocycles. The van der Waals surface area contributed by atoms with Crippen molar-refractivity contribution in [2.45, 2.75) is 58.7 Å². The molecule has 0 unspecified atom stereocenters. The maximum Gasteiger partial charge on any atom is 0.234 e. The highest BCUT2D eigenvalue weighted by atomic mass is 32.2. The predicted octanol–water partition coefficient (Wildman–Crippen LogP) is 2.95. The number of thioether (sulfide) groups is 1. The van der Waals surface area contributed by atoms with Gasteiger partial charge < -0.3 is 15.6 Å². The number of aryl methyl sites for hydroxylation is 3. The zero-order valence-electron chi connectivity index (χ0n) is 17.0. The fourth-order valence-corrected chi connectivity index (χ4v) is 3.67. The first-order chi connectivity index (χ1) is 13.3. The van der Waals surface area contributed by atoms with E-state index in [4.69, 9.17) is 5.73 Å². The molecule has 1 aromatic carbocycles. The van der Waals surface area contributed by atoms with Crippen molar-refractivity contribution in [3.8, 4) is 0 Å². The molecule has 0 radical (unpaired) electrons. The standard InChI is InChI=1S/C20H29N5O2S/c1-5-15-8-6-7-14(4)19(15)22-18(27)12-28-20-24-23-17(10-9-16(21)26)25(20)11-13(2)3/h6-8,13H,5,9-12H2,1-4H3,(H2,21,26)(H,22,27). The number of nitrogens with one attached hydrogen (secondary N) is 1. The molecule has 0 aliphatic carbocycles. The lowest BCUT2D eigenvalue weighted by atomic mass is 10.1. The smallest absolute Gasteiger partial charge is 0.234 e. The van der Waals surface area contributed by atoms with E-state index < -0.39 is 0 Å². The lowest BCUT2D eigenvalue weighted by Crippen LogP contribution is -2.17. The quantitative estimate of drug-likeness (QED) is 0.594. The average Bonchev–Trinajstić information content (AvgIpc) is 3.01. The van der Waals surface area contributed by atoms with Crippen molar-refractivity contribution in [3.63, 3.8) is 0 Å². The molecule has 0 bridgehead atoms. The van der Waals surface area contributed by atoms with Crippen LogP contribution in [0.5, 0.6) is 0 Å². The summed E-state index contributed by atoms with van der Waals surface area (Å²) in [6.45, 7) is 8.99. The molecule has 2 amide bonds. The molecule has 1 aromatic heterocycles. The van der Waals surface area contributed by atoms with Crippen molar-refractivity contribution in [1.82, 2.24) is 14.8 Å². The molecular weight excluding hydrogens is 374 g/mol. The van der Waals surface area contributed by atoms with Gasteiger partial charge in [0.2, 0.25) is 11.8 Å². The Morgan fingerprint density at radius 3 is 2.68 bits per heavy atom. The number of hydrogen-bond acceptors (Lipinski definition) is 5. The molecule has 2 rings (SSSR count). The number of anilines is 1. The summed E-state index contributed by atoms with van der Waals surface area (Å²) in [5.74, 6) is 0.909. The zero-order valence-corrected chi connectivity index (χ0v) is 17.8. The van der Waals surface area contributed by atoms with Gasteiger partial charge in [0.15, 0.2) is 5.16 Å². The lowest BCUT2D eigenvalue weighted by molar-refractivity contribution is -0.118. The summed E-state index contributed by atoms with van der Waals surface area (Å²) >= 11 is 1.35. The Kier molecular flexibility index (Phi) is 8.04. The van der Waals surface area contributed by atoms with Gasteiger partial charge in [0.1, 0.15) is 5.82 Å². The van der Waals surface area contributed by atoms with E-state index in [1.165, 1.54) is 11.8 Å². The first-order valence-electron chi connectivity index (χ1n) is 9.53. The molecule has 152 valence electrons. The zero-order chi connectivity index (χ0) is 20.7. The number of aromatic nitrogens is 3. The van der Waals surface area contributed by atoms with Crippen LogP contribution in [0.25, 0.3) is 0 Å². The van der Waals surface area contributed by atoms with Crippen LogP contribution in [0.2, 0.25) is 0 Å². The second kappa shape index (κ2) is 10.3. The third kappa shape index (κ3) is 6.09. The number of carbonyl (C=O) groups is 2. The minimum Gasteiger partial charge on any atom is -0.370 e. The summed E-state index contributed by atoms with van der Waals surface area (Å²) in [5.41, 5.74) is 8.31. The topological polar surface area (TPSA) is 103 Å². The first-order valence-corrected chi connectivity index (χ1v) is 10.5. The van der Waals surface area contributed by atoms with E-state index in [0.29, 0.717) is 17.5 Å². The third-order valence-electron chi connectivity index (χ3n) is 4.27. The van der Waals surface area contributed by atoms with Gasteiger partial charge >= 0.3 is 0 Å². The molecule has 0 aliphatic heterocycles. The van der Waals surface area contributed by atoms with Crippen LogP contribution in [0.15, 0.2) is 23.4 Å². The van der Waals surface area contributed by atoms with E-state index in [9.17, 15) is 9.59 Å². The van der Waals surface area contributed by atoms with Crippen LogP contribution in [0.4, 0.5) is 5.69 Å². The highest BCUT2D eigenvalue weighted by Gasteiger charge is 2.16. The highest BCUT2D eigenvalue weighted by Crippen LogP contribution is 2.23. The predicted molar refractivity (Wildman–Crippen MR) is 112 cm³/mol. The Bertz CT molecular complexity index is 832. The SMILES string of the molecule is CCc1cccc(C)c1NC(=O)CSc1nnc(CCC(N)=O)n1CC(C)C. The Labute approximate surface area is 170 Å². The van der Waals surface area contributed by atoms with Crippen molar-refractivity contribution in [3.05, 3.63) is 35.2 Å². The molecule has 0 saturated carbocycles. The molecule has 28 heavy (non-hydrogen) atoms. The molecule has 7 nitrogen and oxygen atoms in total. The number of hydrogen-bond donors (Lipinski definition) is 2. The van der Waals surface area contributed by atoms with Crippen LogP contribution in [-0.4, -0.2) is 32.3 Å². The molecule has 2 aromatic rings. The number of rotatable bonds is 10. The number of carbonyl (C=O) groups excluding carboxylic acids is 2. The van der Waals surface area contributed by atoms with Crippen molar-refractivity contribution in [1.29, 1.82) is 0 Å². The Hall–Kier alpha value is -2.35. The van der Waals surface area contributed by atoms with E-state index in [0.717, 1.165) is 35.6 Å². The van der Waals surface area contributed by atoms with Crippen molar-refractivity contribution >= 4 is 29.3 Å². The first kappa shape index (κ1) is 21.9. The minimum atomic E-state index is -0.363. The van der Waals surface area contributed by atoms with Crippen molar-refractivity contribution in [2.75, 3.05) is 11.1 Å². The van der Waals surface area contributed by atoms with Gasteiger partial charge in [0, 0.05) is 25.1 Å². The molecule has 3 N–H and O–H groups in total. The second-order valence-electron chi connectivity index (χ2n) is 7.17. The van der Waals surface area contributed by atoms with Gasteiger partial charge in [-0.15, -0.1) is 10.2 Å². The number of para-hydroxylation sites is 1. The van der Waals surface area contributed by atoms with Gasteiger partial charge in [0.05, 0.1) is 5.75 Å². The number of nitrogens with zero attached hydrogens (tertiary/aromatic N) is 3. The molecule has 0 spiro atoms. The summed E-state index contributed by atoms with van der Waals surface area (Å²) in [6.07, 6.45) is 1.54. The lowest BCUT2D eigenvalue weighted by Gasteiger charge is -2.14. The molecule has 0 aliphatic rings. The molecule has 8 heteroatoms. The van der Waals surface area contributed by atoms with E-state index in [2.05, 4.69) is 36.3 Å². The summed E-state index contributed by atoms with van der Waals surface area (Å²) < 4.78 is 1.98. The van der Waals surface area contributed by atoms with Gasteiger partial charge in [-0.2, -0.15) is 0 Å².